The fourth-order valence-corrected chi connectivity index (χ4v) is 4.71. The number of hydrogen-bond donors (Lipinski definition) is 1. The molecule has 2 bridgehead atoms. The van der Waals surface area contributed by atoms with Crippen LogP contribution in [0, 0.1) is 17.5 Å². The van der Waals surface area contributed by atoms with E-state index in [4.69, 9.17) is 4.74 Å². The number of halogens is 4. The Morgan fingerprint density at radius 3 is 2.56 bits per heavy atom. The van der Waals surface area contributed by atoms with Crippen LogP contribution in [0.3, 0.4) is 0 Å². The number of alkyl halides is 1. The minimum atomic E-state index is -1.18. The summed E-state index contributed by atoms with van der Waals surface area (Å²) in [4.78, 5) is 41.1. The number of carbonyl (C=O) groups is 2. The number of nitrogens with one attached hydrogen (secondary N) is 1. The number of rotatable bonds is 8. The summed E-state index contributed by atoms with van der Waals surface area (Å²) in [6, 6.07) is 0.0818. The molecule has 4 rings (SSSR count). The normalized spacial score (nSPS) is 19.0. The number of carbonyl (C=O) groups excluding carboxylic acids is 2. The molecule has 3 heterocycles. The SMILES string of the molecule is CCCCOc1c2n(cc(C(=O)NCc3c(F)cc(F)cc3F)c1=O)[C@H]1CCC[C@H](CF)N(C1)C2=O. The maximum atomic E-state index is 14.0. The molecule has 11 heteroatoms. The van der Waals surface area contributed by atoms with E-state index in [0.29, 0.717) is 37.8 Å². The van der Waals surface area contributed by atoms with E-state index >= 15 is 0 Å². The summed E-state index contributed by atoms with van der Waals surface area (Å²) in [6.07, 6.45) is 4.32. The number of ether oxygens (including phenoxy) is 1. The van der Waals surface area contributed by atoms with E-state index in [9.17, 15) is 31.9 Å². The van der Waals surface area contributed by atoms with Gasteiger partial charge in [-0.15, -0.1) is 0 Å². The van der Waals surface area contributed by atoms with Gasteiger partial charge < -0.3 is 19.5 Å². The molecule has 0 spiro atoms. The van der Waals surface area contributed by atoms with Gasteiger partial charge in [-0.2, -0.15) is 0 Å². The summed E-state index contributed by atoms with van der Waals surface area (Å²) in [5.74, 6) is -5.21. The van der Waals surface area contributed by atoms with Gasteiger partial charge in [-0.3, -0.25) is 14.4 Å². The van der Waals surface area contributed by atoms with Crippen LogP contribution in [0.2, 0.25) is 0 Å². The molecule has 0 unspecified atom stereocenters. The van der Waals surface area contributed by atoms with Gasteiger partial charge in [-0.05, 0) is 25.7 Å². The number of fused-ring (bicyclic) bond motifs is 4. The zero-order valence-electron chi connectivity index (χ0n) is 19.8. The van der Waals surface area contributed by atoms with Crippen LogP contribution in [0.4, 0.5) is 17.6 Å². The number of hydrogen-bond acceptors (Lipinski definition) is 4. The lowest BCUT2D eigenvalue weighted by Gasteiger charge is -2.37. The number of benzene rings is 1. The first-order valence-corrected chi connectivity index (χ1v) is 12.0. The van der Waals surface area contributed by atoms with Crippen molar-refractivity contribution in [2.75, 3.05) is 19.8 Å². The minimum Gasteiger partial charge on any atom is -0.487 e. The Balaban J connectivity index is 1.73. The Bertz CT molecular complexity index is 1210. The number of unbranched alkanes of at least 4 members (excludes halogenated alkanes) is 1. The first-order valence-electron chi connectivity index (χ1n) is 12.0. The summed E-state index contributed by atoms with van der Waals surface area (Å²) >= 11 is 0. The Hall–Kier alpha value is -3.37. The van der Waals surface area contributed by atoms with Crippen molar-refractivity contribution in [2.45, 2.75) is 57.7 Å². The first kappa shape index (κ1) is 25.7. The van der Waals surface area contributed by atoms with Crippen molar-refractivity contribution in [3.63, 3.8) is 0 Å². The van der Waals surface area contributed by atoms with E-state index in [1.165, 1.54) is 15.7 Å². The van der Waals surface area contributed by atoms with Crippen molar-refractivity contribution < 1.29 is 31.9 Å². The lowest BCUT2D eigenvalue weighted by Crippen LogP contribution is -2.49. The van der Waals surface area contributed by atoms with E-state index in [2.05, 4.69) is 5.32 Å². The van der Waals surface area contributed by atoms with Gasteiger partial charge in [-0.1, -0.05) is 13.3 Å². The minimum absolute atomic E-state index is 0.0279. The molecular weight excluding hydrogens is 482 g/mol. The molecule has 36 heavy (non-hydrogen) atoms. The Morgan fingerprint density at radius 2 is 1.89 bits per heavy atom. The van der Waals surface area contributed by atoms with E-state index in [1.54, 1.807) is 0 Å². The van der Waals surface area contributed by atoms with Crippen LogP contribution in [0.1, 0.15) is 71.5 Å². The predicted molar refractivity (Wildman–Crippen MR) is 122 cm³/mol. The van der Waals surface area contributed by atoms with Gasteiger partial charge in [-0.25, -0.2) is 17.6 Å². The molecule has 194 valence electrons. The molecule has 2 aromatic rings. The first-order chi connectivity index (χ1) is 17.3. The van der Waals surface area contributed by atoms with Crippen molar-refractivity contribution in [1.82, 2.24) is 14.8 Å². The van der Waals surface area contributed by atoms with Crippen LogP contribution in [0.25, 0.3) is 0 Å². The topological polar surface area (TPSA) is 80.6 Å². The molecule has 2 aliphatic rings. The van der Waals surface area contributed by atoms with E-state index in [0.717, 1.165) is 6.42 Å². The zero-order chi connectivity index (χ0) is 26.0. The molecule has 1 aromatic carbocycles. The third kappa shape index (κ3) is 4.83. The molecule has 0 aliphatic carbocycles. The summed E-state index contributed by atoms with van der Waals surface area (Å²) in [5.41, 5.74) is -1.80. The molecule has 2 amide bonds. The summed E-state index contributed by atoms with van der Waals surface area (Å²) < 4.78 is 62.1. The third-order valence-corrected chi connectivity index (χ3v) is 6.67. The molecule has 1 saturated heterocycles. The second kappa shape index (κ2) is 10.7. The van der Waals surface area contributed by atoms with E-state index < -0.39 is 59.5 Å². The van der Waals surface area contributed by atoms with Gasteiger partial charge in [0.05, 0.1) is 18.7 Å². The second-order valence-corrected chi connectivity index (χ2v) is 9.04. The number of aromatic nitrogens is 1. The highest BCUT2D eigenvalue weighted by Gasteiger charge is 2.40. The molecular formula is C25H27F4N3O4. The van der Waals surface area contributed by atoms with Crippen molar-refractivity contribution in [2.24, 2.45) is 0 Å². The smallest absolute Gasteiger partial charge is 0.274 e. The van der Waals surface area contributed by atoms with Crippen molar-refractivity contribution in [3.8, 4) is 5.75 Å². The highest BCUT2D eigenvalue weighted by atomic mass is 19.1. The Kier molecular flexibility index (Phi) is 7.65. The van der Waals surface area contributed by atoms with Gasteiger partial charge in [0.25, 0.3) is 11.8 Å². The maximum Gasteiger partial charge on any atom is 0.274 e. The number of nitrogens with zero attached hydrogens (tertiary/aromatic N) is 2. The molecule has 2 aliphatic heterocycles. The molecule has 1 N–H and O–H groups in total. The van der Waals surface area contributed by atoms with Crippen LogP contribution >= 0.6 is 0 Å². The monoisotopic (exact) mass is 509 g/mol. The van der Waals surface area contributed by atoms with Crippen LogP contribution in [-0.4, -0.2) is 47.1 Å². The molecule has 7 nitrogen and oxygen atoms in total. The Labute approximate surface area is 205 Å². The summed E-state index contributed by atoms with van der Waals surface area (Å²) in [7, 11) is 0. The van der Waals surface area contributed by atoms with Crippen molar-refractivity contribution in [1.29, 1.82) is 0 Å². The maximum absolute atomic E-state index is 14.0. The van der Waals surface area contributed by atoms with Gasteiger partial charge in [0.1, 0.15) is 29.7 Å². The van der Waals surface area contributed by atoms with Gasteiger partial charge in [0, 0.05) is 37.0 Å². The van der Waals surface area contributed by atoms with E-state index in [1.807, 2.05) is 6.92 Å². The summed E-state index contributed by atoms with van der Waals surface area (Å²) in [5, 5.41) is 2.30. The number of amides is 2. The second-order valence-electron chi connectivity index (χ2n) is 9.04. The van der Waals surface area contributed by atoms with Crippen LogP contribution < -0.4 is 15.5 Å². The van der Waals surface area contributed by atoms with Crippen molar-refractivity contribution >= 4 is 11.8 Å². The lowest BCUT2D eigenvalue weighted by atomic mass is 10.1. The van der Waals surface area contributed by atoms with Crippen molar-refractivity contribution in [3.05, 3.63) is 62.8 Å². The average Bonchev–Trinajstić information content (AvgIpc) is 3.03. The van der Waals surface area contributed by atoms with Gasteiger partial charge in [0.15, 0.2) is 11.4 Å². The molecule has 2 atom stereocenters. The molecule has 1 aromatic heterocycles. The molecule has 0 radical (unpaired) electrons. The van der Waals surface area contributed by atoms with E-state index in [-0.39, 0.29) is 36.2 Å². The van der Waals surface area contributed by atoms with Crippen LogP contribution in [0.5, 0.6) is 5.75 Å². The summed E-state index contributed by atoms with van der Waals surface area (Å²) in [6.45, 7) is 0.940. The van der Waals surface area contributed by atoms with Crippen LogP contribution in [0.15, 0.2) is 23.1 Å². The fourth-order valence-electron chi connectivity index (χ4n) is 4.71. The zero-order valence-corrected chi connectivity index (χ0v) is 19.8. The standard InChI is InChI=1S/C25H27F4N3O4/c1-2-3-7-36-23-21-25(35)32-12-16(6-4-5-15(32)10-26)31(21)13-18(22(23)33)24(34)30-11-17-19(28)8-14(27)9-20(17)29/h8-9,13,15-16H,2-7,10-12H2,1H3,(H,30,34)/t15-,16+/m1/s1. The fraction of sp³-hybridized carbons (Fsp3) is 0.480. The largest absolute Gasteiger partial charge is 0.487 e. The van der Waals surface area contributed by atoms with Gasteiger partial charge in [0.2, 0.25) is 5.43 Å². The highest BCUT2D eigenvalue weighted by molar-refractivity contribution is 5.99. The molecule has 0 saturated carbocycles. The Morgan fingerprint density at radius 1 is 1.17 bits per heavy atom. The van der Waals surface area contributed by atoms with Crippen LogP contribution in [-0.2, 0) is 6.54 Å². The quantitative estimate of drug-likeness (QED) is 0.433. The highest BCUT2D eigenvalue weighted by Crippen LogP contribution is 2.34. The predicted octanol–water partition coefficient (Wildman–Crippen LogP) is 3.89. The van der Waals surface area contributed by atoms with Gasteiger partial charge >= 0.3 is 0 Å². The third-order valence-electron chi connectivity index (χ3n) is 6.67. The molecule has 1 fully saturated rings. The average molecular weight is 510 g/mol. The number of pyridine rings is 1. The lowest BCUT2D eigenvalue weighted by molar-refractivity contribution is 0.0554.